The largest absolute Gasteiger partial charge is 0.381 e. The Kier molecular flexibility index (Phi) is 5.65. The fourth-order valence-corrected chi connectivity index (χ4v) is 4.76. The van der Waals surface area contributed by atoms with Crippen LogP contribution in [0, 0.1) is 5.92 Å². The highest BCUT2D eigenvalue weighted by Crippen LogP contribution is 2.37. The molecule has 2 saturated heterocycles. The number of hydrogen-bond acceptors (Lipinski definition) is 5. The van der Waals surface area contributed by atoms with Crippen molar-refractivity contribution in [2.45, 2.75) is 25.2 Å². The molecule has 0 radical (unpaired) electrons. The first-order valence-corrected chi connectivity index (χ1v) is 9.76. The zero-order chi connectivity index (χ0) is 17.7. The molecule has 2 fully saturated rings. The third-order valence-corrected chi connectivity index (χ3v) is 6.13. The molecule has 0 spiro atoms. The molecule has 0 unspecified atom stereocenters. The summed E-state index contributed by atoms with van der Waals surface area (Å²) < 4.78 is 13.7. The Bertz CT molecular complexity index is 825. The smallest absolute Gasteiger partial charge is 0.120 e. The van der Waals surface area contributed by atoms with Crippen molar-refractivity contribution in [3.8, 4) is 11.3 Å². The van der Waals surface area contributed by atoms with Gasteiger partial charge in [0.15, 0.2) is 0 Å². The molecule has 4 heterocycles. The van der Waals surface area contributed by atoms with Gasteiger partial charge in [-0.1, -0.05) is 28.4 Å². The molecule has 0 bridgehead atoms. The van der Waals surface area contributed by atoms with Gasteiger partial charge in [-0.05, 0) is 30.5 Å². The van der Waals surface area contributed by atoms with E-state index in [0.29, 0.717) is 22.6 Å². The second kappa shape index (κ2) is 7.85. The molecule has 1 aromatic carbocycles. The Morgan fingerprint density at radius 3 is 2.89 bits per heavy atom. The normalized spacial score (nSPS) is 27.3. The van der Waals surface area contributed by atoms with Crippen molar-refractivity contribution in [3.63, 3.8) is 0 Å². The van der Waals surface area contributed by atoms with Crippen molar-refractivity contribution in [3.05, 3.63) is 33.9 Å². The molecule has 3 aliphatic heterocycles. The van der Waals surface area contributed by atoms with Crippen molar-refractivity contribution in [1.82, 2.24) is 19.9 Å². The second-order valence-electron chi connectivity index (χ2n) is 7.32. The molecule has 0 amide bonds. The molecule has 146 valence electrons. The van der Waals surface area contributed by atoms with Gasteiger partial charge in [0.1, 0.15) is 5.69 Å². The van der Waals surface area contributed by atoms with Crippen LogP contribution in [0.4, 0.5) is 0 Å². The van der Waals surface area contributed by atoms with E-state index >= 15 is 0 Å². The molecule has 0 aliphatic carbocycles. The molecule has 0 saturated carbocycles. The maximum absolute atomic E-state index is 6.37. The summed E-state index contributed by atoms with van der Waals surface area (Å²) >= 11 is 12.4. The molecule has 5 rings (SSSR count). The van der Waals surface area contributed by atoms with Crippen molar-refractivity contribution in [2.75, 3.05) is 32.8 Å². The van der Waals surface area contributed by atoms with E-state index in [9.17, 15) is 0 Å². The number of hydrogen-bond donors (Lipinski definition) is 0. The van der Waals surface area contributed by atoms with Crippen LogP contribution in [0.3, 0.4) is 0 Å². The summed E-state index contributed by atoms with van der Waals surface area (Å²) in [6, 6.07) is 5.65. The third kappa shape index (κ3) is 3.59. The zero-order valence-electron chi connectivity index (χ0n) is 14.7. The van der Waals surface area contributed by atoms with Gasteiger partial charge in [0, 0.05) is 36.8 Å². The number of benzene rings is 1. The van der Waals surface area contributed by atoms with Crippen LogP contribution in [-0.2, 0) is 16.1 Å². The summed E-state index contributed by atoms with van der Waals surface area (Å²) in [5, 5.41) is 10.1. The van der Waals surface area contributed by atoms with Gasteiger partial charge in [-0.25, -0.2) is 4.68 Å². The van der Waals surface area contributed by atoms with Gasteiger partial charge in [-0.2, -0.15) is 0 Å². The first-order chi connectivity index (χ1) is 12.7. The quantitative estimate of drug-likeness (QED) is 0.745. The van der Waals surface area contributed by atoms with E-state index < -0.39 is 0 Å². The monoisotopic (exact) mass is 430 g/mol. The molecule has 2 aromatic rings. The number of likely N-dealkylation sites (tertiary alicyclic amines) is 1. The topological polar surface area (TPSA) is 52.4 Å². The van der Waals surface area contributed by atoms with E-state index in [1.165, 1.54) is 0 Å². The highest BCUT2D eigenvalue weighted by Gasteiger charge is 2.41. The number of halogens is 3. The van der Waals surface area contributed by atoms with Crippen LogP contribution in [0.15, 0.2) is 18.2 Å². The lowest BCUT2D eigenvalue weighted by Crippen LogP contribution is -2.32. The molecule has 27 heavy (non-hydrogen) atoms. The first kappa shape index (κ1) is 19.4. The van der Waals surface area contributed by atoms with Crippen LogP contribution >= 0.6 is 35.6 Å². The lowest BCUT2D eigenvalue weighted by molar-refractivity contribution is -0.00507. The second-order valence-corrected chi connectivity index (χ2v) is 8.16. The Hall–Kier alpha value is -0.890. The van der Waals surface area contributed by atoms with E-state index in [1.54, 1.807) is 6.07 Å². The van der Waals surface area contributed by atoms with E-state index in [-0.39, 0.29) is 24.6 Å². The Balaban J connectivity index is 0.00000180. The highest BCUT2D eigenvalue weighted by molar-refractivity contribution is 6.36. The fourth-order valence-electron chi connectivity index (χ4n) is 4.26. The Morgan fingerprint density at radius 1 is 1.22 bits per heavy atom. The molecule has 3 aliphatic rings. The summed E-state index contributed by atoms with van der Waals surface area (Å²) in [7, 11) is 0. The maximum Gasteiger partial charge on any atom is 0.120 e. The minimum absolute atomic E-state index is 0. The molecular weight excluding hydrogens is 411 g/mol. The van der Waals surface area contributed by atoms with Crippen molar-refractivity contribution >= 4 is 35.6 Å². The van der Waals surface area contributed by atoms with Gasteiger partial charge in [0.05, 0.1) is 36.1 Å². The molecule has 1 aromatic heterocycles. The third-order valence-electron chi connectivity index (χ3n) is 5.58. The Morgan fingerprint density at radius 2 is 2.11 bits per heavy atom. The predicted molar refractivity (Wildman–Crippen MR) is 106 cm³/mol. The molecule has 6 nitrogen and oxygen atoms in total. The number of fused-ring (bicyclic) bond motifs is 3. The summed E-state index contributed by atoms with van der Waals surface area (Å²) in [4.78, 5) is 2.47. The Labute approximate surface area is 174 Å². The maximum atomic E-state index is 6.37. The van der Waals surface area contributed by atoms with E-state index in [1.807, 2.05) is 16.8 Å². The minimum Gasteiger partial charge on any atom is -0.381 e. The number of rotatable bonds is 3. The fraction of sp³-hybridized carbons (Fsp3) is 0.556. The summed E-state index contributed by atoms with van der Waals surface area (Å²) in [5.41, 5.74) is 2.62. The summed E-state index contributed by atoms with van der Waals surface area (Å²) in [5.74, 6) is 0.633. The average Bonchev–Trinajstić information content (AvgIpc) is 3.33. The minimum atomic E-state index is 0. The number of nitrogens with zero attached hydrogens (tertiary/aromatic N) is 4. The van der Waals surface area contributed by atoms with Crippen molar-refractivity contribution in [2.24, 2.45) is 5.92 Å². The van der Waals surface area contributed by atoms with Gasteiger partial charge in [0.25, 0.3) is 0 Å². The molecule has 9 heteroatoms. The lowest BCUT2D eigenvalue weighted by Gasteiger charge is -2.26. The highest BCUT2D eigenvalue weighted by atomic mass is 35.5. The number of ether oxygens (including phenoxy) is 2. The van der Waals surface area contributed by atoms with E-state index in [4.69, 9.17) is 32.7 Å². The van der Waals surface area contributed by atoms with E-state index in [0.717, 1.165) is 56.2 Å². The van der Waals surface area contributed by atoms with Crippen molar-refractivity contribution < 1.29 is 9.47 Å². The van der Waals surface area contributed by atoms with Crippen LogP contribution in [0.2, 0.25) is 10.0 Å². The van der Waals surface area contributed by atoms with Crippen LogP contribution in [-0.4, -0.2) is 58.8 Å². The lowest BCUT2D eigenvalue weighted by atomic mass is 10.1. The standard InChI is InChI=1S/C18H20Cl2N4O2.ClH/c19-12-1-2-13(14(20)5-12)18-16-10-26-17-8-23(6-11-3-4-25-9-11)7-15(17)24(16)22-21-18;/h1-2,5,11,15,17H,3-4,6-10H2;1H/t11-,15+,17+;/m0./s1. The summed E-state index contributed by atoms with van der Waals surface area (Å²) in [6.07, 6.45) is 1.32. The van der Waals surface area contributed by atoms with Crippen molar-refractivity contribution in [1.29, 1.82) is 0 Å². The van der Waals surface area contributed by atoms with Gasteiger partial charge in [-0.15, -0.1) is 17.5 Å². The zero-order valence-corrected chi connectivity index (χ0v) is 17.0. The molecular formula is C18H21Cl3N4O2. The molecule has 3 atom stereocenters. The summed E-state index contributed by atoms with van der Waals surface area (Å²) in [6.45, 7) is 5.21. The van der Waals surface area contributed by atoms with E-state index in [2.05, 4.69) is 15.2 Å². The molecule has 0 N–H and O–H groups in total. The van der Waals surface area contributed by atoms with Gasteiger partial charge in [0.2, 0.25) is 0 Å². The average molecular weight is 432 g/mol. The van der Waals surface area contributed by atoms with Crippen LogP contribution in [0.5, 0.6) is 0 Å². The first-order valence-electron chi connectivity index (χ1n) is 9.00. The van der Waals surface area contributed by atoms with Crippen LogP contribution in [0.25, 0.3) is 11.3 Å². The van der Waals surface area contributed by atoms with Crippen LogP contribution < -0.4 is 0 Å². The predicted octanol–water partition coefficient (Wildman–Crippen LogP) is 3.47. The van der Waals surface area contributed by atoms with Crippen LogP contribution in [0.1, 0.15) is 18.2 Å². The SMILES string of the molecule is Cl.Clc1ccc(-c2nnn3c2CO[C@@H]2CN(C[C@@H]4CCOC4)C[C@H]23)c(Cl)c1. The van der Waals surface area contributed by atoms with Gasteiger partial charge >= 0.3 is 0 Å². The van der Waals surface area contributed by atoms with Gasteiger partial charge in [-0.3, -0.25) is 4.90 Å². The van der Waals surface area contributed by atoms with Gasteiger partial charge < -0.3 is 9.47 Å². The number of aromatic nitrogens is 3.